The van der Waals surface area contributed by atoms with Crippen LogP contribution in [0.3, 0.4) is 0 Å². The van der Waals surface area contributed by atoms with Crippen LogP contribution >= 0.6 is 0 Å². The third kappa shape index (κ3) is 2.43. The van der Waals surface area contributed by atoms with E-state index >= 15 is 0 Å². The number of pyridine rings is 1. The summed E-state index contributed by atoms with van der Waals surface area (Å²) in [6, 6.07) is 1.55. The lowest BCUT2D eigenvalue weighted by molar-refractivity contribution is -0.0614. The highest BCUT2D eigenvalue weighted by atomic mass is 19.4. The monoisotopic (exact) mass is 353 g/mol. The molecule has 1 aliphatic heterocycles. The van der Waals surface area contributed by atoms with Gasteiger partial charge in [0.05, 0.1) is 23.9 Å². The molecule has 25 heavy (non-hydrogen) atoms. The van der Waals surface area contributed by atoms with Crippen molar-refractivity contribution in [3.8, 4) is 11.4 Å². The van der Waals surface area contributed by atoms with Crippen LogP contribution in [0.25, 0.3) is 17.0 Å². The second-order valence-corrected chi connectivity index (χ2v) is 5.46. The van der Waals surface area contributed by atoms with Crippen LogP contribution in [0, 0.1) is 12.7 Å². The number of aromatic amines is 1. The number of amidine groups is 1. The number of aryl methyl sites for hydroxylation is 1. The summed E-state index contributed by atoms with van der Waals surface area (Å²) in [7, 11) is 0. The number of nitrogens with one attached hydrogen (secondary N) is 3. The number of imidazole rings is 2. The number of H-pyrrole nitrogens is 1. The molecule has 4 rings (SSSR count). The molecule has 0 saturated heterocycles. The Kier molecular flexibility index (Phi) is 3.29. The second-order valence-electron chi connectivity index (χ2n) is 5.46. The molecule has 0 bridgehead atoms. The highest BCUT2D eigenvalue weighted by Crippen LogP contribution is 2.32. The lowest BCUT2D eigenvalue weighted by Crippen LogP contribution is -2.39. The normalized spacial score (nSPS) is 17.8. The van der Waals surface area contributed by atoms with Gasteiger partial charge in [0, 0.05) is 6.20 Å². The van der Waals surface area contributed by atoms with Gasteiger partial charge in [0.2, 0.25) is 5.84 Å². The molecular weight excluding hydrogens is 342 g/mol. The van der Waals surface area contributed by atoms with E-state index in [1.165, 1.54) is 16.9 Å². The number of rotatable bonds is 2. The lowest BCUT2D eigenvalue weighted by Gasteiger charge is -2.07. The van der Waals surface area contributed by atoms with Crippen molar-refractivity contribution in [2.45, 2.75) is 19.3 Å². The third-order valence-electron chi connectivity index (χ3n) is 3.82. The summed E-state index contributed by atoms with van der Waals surface area (Å²) < 4.78 is 54.3. The second kappa shape index (κ2) is 5.28. The highest BCUT2D eigenvalue weighted by Gasteiger charge is 2.41. The summed E-state index contributed by atoms with van der Waals surface area (Å²) in [6.45, 7) is 1.58. The van der Waals surface area contributed by atoms with Crippen LogP contribution < -0.4 is 10.9 Å². The van der Waals surface area contributed by atoms with Crippen LogP contribution in [0.5, 0.6) is 0 Å². The SMILES string of the molecule is Cc1ccn2c(-c3cnc[nH]3)c(C3N=C(C(F)(F)F)NN3)nc2c1F. The minimum Gasteiger partial charge on any atom is -0.343 e. The van der Waals surface area contributed by atoms with Crippen molar-refractivity contribution in [1.29, 1.82) is 0 Å². The van der Waals surface area contributed by atoms with Gasteiger partial charge in [-0.25, -0.2) is 24.8 Å². The number of hydrogen-bond donors (Lipinski definition) is 3. The maximum atomic E-state index is 14.4. The molecular formula is C14H11F4N7. The molecule has 3 N–H and O–H groups in total. The Balaban J connectivity index is 1.94. The molecule has 11 heteroatoms. The molecule has 3 aromatic heterocycles. The predicted molar refractivity (Wildman–Crippen MR) is 80.0 cm³/mol. The number of aromatic nitrogens is 4. The summed E-state index contributed by atoms with van der Waals surface area (Å²) in [5, 5.41) is 0. The fourth-order valence-corrected chi connectivity index (χ4v) is 2.63. The van der Waals surface area contributed by atoms with Crippen molar-refractivity contribution in [3.05, 3.63) is 41.9 Å². The molecule has 0 amide bonds. The fraction of sp³-hybridized carbons (Fsp3) is 0.214. The molecule has 0 aromatic carbocycles. The van der Waals surface area contributed by atoms with E-state index in [-0.39, 0.29) is 11.3 Å². The van der Waals surface area contributed by atoms with E-state index in [1.54, 1.807) is 19.2 Å². The van der Waals surface area contributed by atoms with E-state index in [1.807, 2.05) is 5.43 Å². The maximum Gasteiger partial charge on any atom is 0.450 e. The predicted octanol–water partition coefficient (Wildman–Crippen LogP) is 2.24. The highest BCUT2D eigenvalue weighted by molar-refractivity contribution is 5.88. The van der Waals surface area contributed by atoms with Crippen LogP contribution in [0.15, 0.2) is 29.8 Å². The van der Waals surface area contributed by atoms with Crippen molar-refractivity contribution < 1.29 is 17.6 Å². The number of aliphatic imine (C=N–C) groups is 1. The van der Waals surface area contributed by atoms with E-state index in [4.69, 9.17) is 0 Å². The standard InChI is InChI=1S/C14H11F4N7/c1-6-2-3-25-10(7-4-19-5-20-7)9(21-12(25)8(6)15)11-22-13(24-23-11)14(16,17)18/h2-5,11,23H,1H3,(H,19,20)(H,22,24). The molecule has 1 aliphatic rings. The molecule has 7 nitrogen and oxygen atoms in total. The first kappa shape index (κ1) is 15.6. The van der Waals surface area contributed by atoms with E-state index in [0.717, 1.165) is 0 Å². The molecule has 4 heterocycles. The minimum atomic E-state index is -4.63. The number of nitrogens with zero attached hydrogens (tertiary/aromatic N) is 4. The first-order valence-electron chi connectivity index (χ1n) is 7.18. The summed E-state index contributed by atoms with van der Waals surface area (Å²) in [5.74, 6) is -1.72. The van der Waals surface area contributed by atoms with E-state index in [9.17, 15) is 17.6 Å². The molecule has 0 radical (unpaired) electrons. The molecule has 3 aromatic rings. The zero-order valence-electron chi connectivity index (χ0n) is 12.7. The van der Waals surface area contributed by atoms with Crippen LogP contribution in [-0.2, 0) is 0 Å². The van der Waals surface area contributed by atoms with Gasteiger partial charge in [-0.15, -0.1) is 0 Å². The molecule has 0 fully saturated rings. The fourth-order valence-electron chi connectivity index (χ4n) is 2.63. The third-order valence-corrected chi connectivity index (χ3v) is 3.82. The van der Waals surface area contributed by atoms with Crippen molar-refractivity contribution in [2.24, 2.45) is 4.99 Å². The zero-order valence-corrected chi connectivity index (χ0v) is 12.7. The Morgan fingerprint density at radius 2 is 2.08 bits per heavy atom. The number of hydrogen-bond acceptors (Lipinski definition) is 5. The first-order valence-corrected chi connectivity index (χ1v) is 7.18. The first-order chi connectivity index (χ1) is 11.9. The average Bonchev–Trinajstić information content (AvgIpc) is 3.27. The van der Waals surface area contributed by atoms with Crippen molar-refractivity contribution in [3.63, 3.8) is 0 Å². The van der Waals surface area contributed by atoms with E-state index in [2.05, 4.69) is 25.4 Å². The summed E-state index contributed by atoms with van der Waals surface area (Å²) in [5.41, 5.74) is 5.77. The maximum absolute atomic E-state index is 14.4. The number of halogens is 4. The summed E-state index contributed by atoms with van der Waals surface area (Å²) in [6.07, 6.45) is -1.28. The Hall–Kier alpha value is -2.95. The lowest BCUT2D eigenvalue weighted by atomic mass is 10.2. The zero-order chi connectivity index (χ0) is 17.8. The van der Waals surface area contributed by atoms with Crippen LogP contribution in [0.4, 0.5) is 17.6 Å². The van der Waals surface area contributed by atoms with Gasteiger partial charge in [0.15, 0.2) is 17.6 Å². The molecule has 1 unspecified atom stereocenters. The molecule has 1 atom stereocenters. The van der Waals surface area contributed by atoms with E-state index < -0.39 is 24.0 Å². The van der Waals surface area contributed by atoms with Gasteiger partial charge in [-0.05, 0) is 18.6 Å². The van der Waals surface area contributed by atoms with Crippen LogP contribution in [-0.4, -0.2) is 31.4 Å². The summed E-state index contributed by atoms with van der Waals surface area (Å²) >= 11 is 0. The molecule has 0 saturated carbocycles. The van der Waals surface area contributed by atoms with Gasteiger partial charge in [-0.1, -0.05) is 0 Å². The van der Waals surface area contributed by atoms with E-state index in [0.29, 0.717) is 17.0 Å². The minimum absolute atomic E-state index is 0.00272. The van der Waals surface area contributed by atoms with Gasteiger partial charge >= 0.3 is 6.18 Å². The Bertz CT molecular complexity index is 971. The van der Waals surface area contributed by atoms with Gasteiger partial charge in [-0.2, -0.15) is 13.2 Å². The number of hydrazine groups is 1. The molecule has 130 valence electrons. The van der Waals surface area contributed by atoms with Crippen molar-refractivity contribution in [1.82, 2.24) is 30.2 Å². The molecule has 0 aliphatic carbocycles. The Labute approximate surface area is 137 Å². The average molecular weight is 353 g/mol. The topological polar surface area (TPSA) is 82.4 Å². The van der Waals surface area contributed by atoms with Crippen molar-refractivity contribution >= 4 is 11.5 Å². The quantitative estimate of drug-likeness (QED) is 0.617. The Morgan fingerprint density at radius 1 is 1.28 bits per heavy atom. The van der Waals surface area contributed by atoms with Crippen molar-refractivity contribution in [2.75, 3.05) is 0 Å². The van der Waals surface area contributed by atoms with Crippen LogP contribution in [0.1, 0.15) is 17.4 Å². The van der Waals surface area contributed by atoms with Gasteiger partial charge in [0.1, 0.15) is 5.69 Å². The smallest absolute Gasteiger partial charge is 0.343 e. The largest absolute Gasteiger partial charge is 0.450 e. The Morgan fingerprint density at radius 3 is 2.72 bits per heavy atom. The van der Waals surface area contributed by atoms with Gasteiger partial charge in [0.25, 0.3) is 0 Å². The van der Waals surface area contributed by atoms with Crippen LogP contribution in [0.2, 0.25) is 0 Å². The number of alkyl halides is 3. The molecule has 0 spiro atoms. The summed E-state index contributed by atoms with van der Waals surface area (Å²) in [4.78, 5) is 14.5. The van der Waals surface area contributed by atoms with Gasteiger partial charge < -0.3 is 4.98 Å². The van der Waals surface area contributed by atoms with Gasteiger partial charge in [-0.3, -0.25) is 9.83 Å². The number of fused-ring (bicyclic) bond motifs is 1.